The van der Waals surface area contributed by atoms with Gasteiger partial charge in [-0.05, 0) is 95.4 Å². The molecule has 1 aliphatic carbocycles. The second kappa shape index (κ2) is 10.7. The number of hydrogen-bond acceptors (Lipinski definition) is 2. The van der Waals surface area contributed by atoms with Crippen LogP contribution in [0.5, 0.6) is 0 Å². The fourth-order valence-corrected chi connectivity index (χ4v) is 7.86. The first kappa shape index (κ1) is 27.0. The number of nitriles is 1. The van der Waals surface area contributed by atoms with Gasteiger partial charge in [0.2, 0.25) is 0 Å². The summed E-state index contributed by atoms with van der Waals surface area (Å²) in [4.78, 5) is 4.15. The Kier molecular flexibility index (Phi) is 6.13. The van der Waals surface area contributed by atoms with Crippen LogP contribution in [0.3, 0.4) is 0 Å². The molecule has 9 rings (SSSR count). The van der Waals surface area contributed by atoms with Crippen LogP contribution in [0.25, 0.3) is 54.9 Å². The monoisotopic (exact) mass is 596 g/mol. The van der Waals surface area contributed by atoms with E-state index in [1.165, 1.54) is 60.5 Å². The van der Waals surface area contributed by atoms with Crippen LogP contribution in [0.2, 0.25) is 0 Å². The highest BCUT2D eigenvalue weighted by Crippen LogP contribution is 2.60. The van der Waals surface area contributed by atoms with Crippen molar-refractivity contribution in [3.8, 4) is 39.4 Å². The lowest BCUT2D eigenvalue weighted by atomic mass is 9.67. The Bertz CT molecular complexity index is 2470. The van der Waals surface area contributed by atoms with Crippen molar-refractivity contribution < 1.29 is 0 Å². The molecule has 0 aliphatic heterocycles. The molecule has 1 heterocycles. The van der Waals surface area contributed by atoms with Crippen LogP contribution < -0.4 is 0 Å². The fraction of sp³-hybridized carbons (Fsp3) is 0.0222. The highest BCUT2D eigenvalue weighted by molar-refractivity contribution is 6.15. The Balaban J connectivity index is 1.39. The molecule has 47 heavy (non-hydrogen) atoms. The van der Waals surface area contributed by atoms with Crippen molar-refractivity contribution in [2.75, 3.05) is 0 Å². The topological polar surface area (TPSA) is 36.7 Å². The Morgan fingerprint density at radius 3 is 1.77 bits per heavy atom. The molecule has 8 aromatic rings. The molecule has 218 valence electrons. The van der Waals surface area contributed by atoms with Gasteiger partial charge in [-0.15, -0.1) is 0 Å². The molecule has 0 saturated carbocycles. The van der Waals surface area contributed by atoms with E-state index in [1.807, 2.05) is 12.1 Å². The summed E-state index contributed by atoms with van der Waals surface area (Å²) in [7, 11) is 0. The fourth-order valence-electron chi connectivity index (χ4n) is 7.86. The van der Waals surface area contributed by atoms with Gasteiger partial charge in [0, 0.05) is 6.20 Å². The maximum atomic E-state index is 9.40. The third-order valence-corrected chi connectivity index (χ3v) is 9.85. The number of aromatic nitrogens is 1. The van der Waals surface area contributed by atoms with Crippen molar-refractivity contribution in [3.05, 3.63) is 198 Å². The third kappa shape index (κ3) is 4.00. The molecule has 0 bridgehead atoms. The largest absolute Gasteiger partial charge is 0.246 e. The van der Waals surface area contributed by atoms with Crippen molar-refractivity contribution >= 4 is 21.5 Å². The molecule has 0 amide bonds. The molecule has 7 aromatic carbocycles. The number of pyridine rings is 1. The van der Waals surface area contributed by atoms with Crippen molar-refractivity contribution in [2.24, 2.45) is 0 Å². The SMILES string of the molecule is N#Cc1cc(-c2ccc(-c3cc4c(c5ccccc35)-c3c(ccc5ccccc35)C4(c3ccccc3)c3ccccc3)cc2)ccn1. The molecule has 0 unspecified atom stereocenters. The zero-order valence-corrected chi connectivity index (χ0v) is 25.6. The zero-order valence-electron chi connectivity index (χ0n) is 25.6. The molecule has 0 fully saturated rings. The number of fused-ring (bicyclic) bond motifs is 7. The summed E-state index contributed by atoms with van der Waals surface area (Å²) >= 11 is 0. The standard InChI is InChI=1S/C45H28N2/c46-29-36-27-33(25-26-47-36)30-19-21-32(22-20-30)40-28-42-44(39-18-10-9-17-38(39)40)43-37-16-8-7-11-31(37)23-24-41(43)45(42,34-12-3-1-4-13-34)35-14-5-2-6-15-35/h1-28H. The van der Waals surface area contributed by atoms with E-state index in [9.17, 15) is 5.26 Å². The van der Waals surface area contributed by atoms with Crippen molar-refractivity contribution in [3.63, 3.8) is 0 Å². The van der Waals surface area contributed by atoms with Gasteiger partial charge >= 0.3 is 0 Å². The highest BCUT2D eigenvalue weighted by Gasteiger charge is 2.47. The average Bonchev–Trinajstić information content (AvgIpc) is 3.47. The Labute approximate surface area is 273 Å². The van der Waals surface area contributed by atoms with Crippen LogP contribution in [-0.2, 0) is 5.41 Å². The molecule has 0 spiro atoms. The normalized spacial score (nSPS) is 12.8. The van der Waals surface area contributed by atoms with Crippen LogP contribution in [0.4, 0.5) is 0 Å². The first-order valence-corrected chi connectivity index (χ1v) is 15.9. The minimum absolute atomic E-state index is 0.418. The molecule has 2 nitrogen and oxygen atoms in total. The number of nitrogens with zero attached hydrogens (tertiary/aromatic N) is 2. The molecule has 0 radical (unpaired) electrons. The smallest absolute Gasteiger partial charge is 0.141 e. The Hall–Kier alpha value is -6.30. The van der Waals surface area contributed by atoms with Gasteiger partial charge < -0.3 is 0 Å². The zero-order chi connectivity index (χ0) is 31.4. The molecule has 1 aliphatic rings. The summed E-state index contributed by atoms with van der Waals surface area (Å²) in [5.41, 5.74) is 12.0. The van der Waals surface area contributed by atoms with E-state index >= 15 is 0 Å². The maximum absolute atomic E-state index is 9.40. The average molecular weight is 597 g/mol. The van der Waals surface area contributed by atoms with E-state index in [0.717, 1.165) is 16.7 Å². The van der Waals surface area contributed by atoms with Crippen LogP contribution in [0, 0.1) is 11.3 Å². The summed E-state index contributed by atoms with van der Waals surface area (Å²) in [6, 6.07) is 61.5. The summed E-state index contributed by atoms with van der Waals surface area (Å²) in [6.45, 7) is 0. The van der Waals surface area contributed by atoms with Gasteiger partial charge in [-0.1, -0.05) is 146 Å². The summed E-state index contributed by atoms with van der Waals surface area (Å²) in [6.07, 6.45) is 1.70. The first-order valence-electron chi connectivity index (χ1n) is 15.9. The molecular formula is C45H28N2. The van der Waals surface area contributed by atoms with Gasteiger partial charge in [0.05, 0.1) is 5.41 Å². The van der Waals surface area contributed by atoms with E-state index < -0.39 is 5.41 Å². The molecule has 1 aromatic heterocycles. The van der Waals surface area contributed by atoms with Gasteiger partial charge in [-0.2, -0.15) is 5.26 Å². The molecule has 0 saturated heterocycles. The van der Waals surface area contributed by atoms with Gasteiger partial charge in [-0.3, -0.25) is 0 Å². The molecule has 0 N–H and O–H groups in total. The maximum Gasteiger partial charge on any atom is 0.141 e. The van der Waals surface area contributed by atoms with Crippen LogP contribution in [0.1, 0.15) is 27.9 Å². The van der Waals surface area contributed by atoms with E-state index in [4.69, 9.17) is 0 Å². The molecule has 2 heteroatoms. The number of benzene rings is 7. The lowest BCUT2D eigenvalue weighted by Gasteiger charge is -2.34. The number of rotatable bonds is 4. The van der Waals surface area contributed by atoms with Crippen molar-refractivity contribution in [1.29, 1.82) is 5.26 Å². The predicted octanol–water partition coefficient (Wildman–Crippen LogP) is 11.0. The van der Waals surface area contributed by atoms with Gasteiger partial charge in [0.25, 0.3) is 0 Å². The van der Waals surface area contributed by atoms with Crippen LogP contribution >= 0.6 is 0 Å². The van der Waals surface area contributed by atoms with E-state index in [-0.39, 0.29) is 0 Å². The second-order valence-electron chi connectivity index (χ2n) is 12.2. The van der Waals surface area contributed by atoms with Crippen molar-refractivity contribution in [2.45, 2.75) is 5.41 Å². The third-order valence-electron chi connectivity index (χ3n) is 9.85. The van der Waals surface area contributed by atoms with Crippen LogP contribution in [-0.4, -0.2) is 4.98 Å². The number of hydrogen-bond donors (Lipinski definition) is 0. The highest BCUT2D eigenvalue weighted by atomic mass is 14.7. The Morgan fingerprint density at radius 1 is 0.468 bits per heavy atom. The van der Waals surface area contributed by atoms with Crippen LogP contribution in [0.15, 0.2) is 170 Å². The van der Waals surface area contributed by atoms with Gasteiger partial charge in [0.1, 0.15) is 11.8 Å². The van der Waals surface area contributed by atoms with E-state index in [0.29, 0.717) is 5.69 Å². The predicted molar refractivity (Wildman–Crippen MR) is 192 cm³/mol. The molecular weight excluding hydrogens is 569 g/mol. The summed E-state index contributed by atoms with van der Waals surface area (Å²) < 4.78 is 0. The quantitative estimate of drug-likeness (QED) is 0.203. The van der Waals surface area contributed by atoms with Crippen molar-refractivity contribution in [1.82, 2.24) is 4.98 Å². The van der Waals surface area contributed by atoms with Gasteiger partial charge in [-0.25, -0.2) is 4.98 Å². The summed E-state index contributed by atoms with van der Waals surface area (Å²) in [5.74, 6) is 0. The Morgan fingerprint density at radius 2 is 1.06 bits per heavy atom. The lowest BCUT2D eigenvalue weighted by molar-refractivity contribution is 0.770. The summed E-state index contributed by atoms with van der Waals surface area (Å²) in [5, 5.41) is 14.4. The van der Waals surface area contributed by atoms with E-state index in [1.54, 1.807) is 6.20 Å². The minimum atomic E-state index is -0.513. The second-order valence-corrected chi connectivity index (χ2v) is 12.2. The minimum Gasteiger partial charge on any atom is -0.246 e. The van der Waals surface area contributed by atoms with E-state index in [2.05, 4.69) is 163 Å². The molecule has 0 atom stereocenters. The van der Waals surface area contributed by atoms with Gasteiger partial charge in [0.15, 0.2) is 0 Å². The first-order chi connectivity index (χ1) is 23.3. The lowest BCUT2D eigenvalue weighted by Crippen LogP contribution is -2.28.